The number of rotatable bonds is 7. The number of halogens is 1. The molecule has 0 unspecified atom stereocenters. The topological polar surface area (TPSA) is 172 Å². The van der Waals surface area contributed by atoms with Gasteiger partial charge in [0.1, 0.15) is 30.3 Å². The molecule has 3 heterocycles. The van der Waals surface area contributed by atoms with E-state index in [9.17, 15) is 14.4 Å². The predicted molar refractivity (Wildman–Crippen MR) is 142 cm³/mol. The average molecular weight is 547 g/mol. The maximum Gasteiger partial charge on any atom is 0.275 e. The van der Waals surface area contributed by atoms with Crippen LogP contribution in [-0.4, -0.2) is 61.3 Å². The van der Waals surface area contributed by atoms with Crippen LogP contribution in [0.2, 0.25) is 5.02 Å². The Morgan fingerprint density at radius 2 is 1.97 bits per heavy atom. The van der Waals surface area contributed by atoms with Gasteiger partial charge >= 0.3 is 0 Å². The second-order valence-corrected chi connectivity index (χ2v) is 9.29. The molecule has 12 nitrogen and oxygen atoms in total. The first-order valence-corrected chi connectivity index (χ1v) is 12.5. The van der Waals surface area contributed by atoms with Crippen LogP contribution in [-0.2, 0) is 4.79 Å². The van der Waals surface area contributed by atoms with Crippen molar-refractivity contribution in [2.75, 3.05) is 18.4 Å². The second kappa shape index (κ2) is 10.8. The monoisotopic (exact) mass is 546 g/mol. The van der Waals surface area contributed by atoms with Gasteiger partial charge in [-0.2, -0.15) is 5.26 Å². The quantitative estimate of drug-likeness (QED) is 0.319. The van der Waals surface area contributed by atoms with E-state index in [0.29, 0.717) is 42.9 Å². The van der Waals surface area contributed by atoms with Gasteiger partial charge in [-0.25, -0.2) is 9.97 Å². The Bertz CT molecular complexity index is 1580. The lowest BCUT2D eigenvalue weighted by molar-refractivity contribution is -0.131. The van der Waals surface area contributed by atoms with Crippen LogP contribution in [0.5, 0.6) is 5.75 Å². The number of nitrogens with two attached hydrogens (primary N) is 1. The van der Waals surface area contributed by atoms with Gasteiger partial charge in [-0.15, -0.1) is 0 Å². The third-order valence-electron chi connectivity index (χ3n) is 6.34. The number of hydrogen-bond donors (Lipinski definition) is 3. The lowest BCUT2D eigenvalue weighted by Crippen LogP contribution is -2.41. The minimum Gasteiger partial charge on any atom is -0.490 e. The number of H-pyrrole nitrogens is 1. The number of fused-ring (bicyclic) bond motifs is 1. The number of nitrogens with zero attached hydrogens (tertiary/aromatic N) is 5. The summed E-state index contributed by atoms with van der Waals surface area (Å²) in [5.41, 5.74) is 6.87. The highest BCUT2D eigenvalue weighted by Crippen LogP contribution is 2.29. The van der Waals surface area contributed by atoms with Crippen LogP contribution in [0.4, 0.5) is 5.69 Å². The Kier molecular flexibility index (Phi) is 7.16. The molecule has 5 rings (SSSR count). The van der Waals surface area contributed by atoms with E-state index in [1.807, 2.05) is 30.3 Å². The fraction of sp³-hybridized carbons (Fsp3) is 0.231. The molecule has 0 radical (unpaired) electrons. The lowest BCUT2D eigenvalue weighted by Gasteiger charge is -2.31. The van der Waals surface area contributed by atoms with E-state index in [4.69, 9.17) is 27.3 Å². The molecule has 1 aliphatic rings. The molecule has 3 amide bonds. The third kappa shape index (κ3) is 5.39. The van der Waals surface area contributed by atoms with Gasteiger partial charge in [0, 0.05) is 32.0 Å². The summed E-state index contributed by atoms with van der Waals surface area (Å²) in [7, 11) is 0. The van der Waals surface area contributed by atoms with Gasteiger partial charge in [0.25, 0.3) is 11.8 Å². The van der Waals surface area contributed by atoms with Crippen molar-refractivity contribution in [2.45, 2.75) is 25.4 Å². The second-order valence-electron chi connectivity index (χ2n) is 8.88. The summed E-state index contributed by atoms with van der Waals surface area (Å²) < 4.78 is 7.38. The van der Waals surface area contributed by atoms with Gasteiger partial charge in [-0.05, 0) is 24.3 Å². The Hall–Kier alpha value is -4.89. The predicted octanol–water partition coefficient (Wildman–Crippen LogP) is 3.04. The summed E-state index contributed by atoms with van der Waals surface area (Å²) in [6, 6.07) is 14.0. The molecule has 13 heteroatoms. The highest BCUT2D eigenvalue weighted by Gasteiger charge is 2.26. The first kappa shape index (κ1) is 25.7. The fourth-order valence-electron chi connectivity index (χ4n) is 4.41. The number of para-hydroxylation sites is 2. The summed E-state index contributed by atoms with van der Waals surface area (Å²) in [6.07, 6.45) is 2.28. The number of anilines is 1. The molecule has 1 fully saturated rings. The molecule has 4 N–H and O–H groups in total. The minimum absolute atomic E-state index is 0.101. The van der Waals surface area contributed by atoms with E-state index < -0.39 is 11.8 Å². The van der Waals surface area contributed by atoms with Crippen LogP contribution in [0.1, 0.15) is 40.2 Å². The zero-order chi connectivity index (χ0) is 27.5. The molecule has 0 spiro atoms. The normalized spacial score (nSPS) is 13.7. The molecule has 2 aromatic heterocycles. The number of aromatic nitrogens is 4. The van der Waals surface area contributed by atoms with Crippen LogP contribution >= 0.6 is 11.6 Å². The van der Waals surface area contributed by atoms with E-state index in [1.54, 1.807) is 23.1 Å². The van der Waals surface area contributed by atoms with Crippen molar-refractivity contribution in [1.29, 1.82) is 5.26 Å². The van der Waals surface area contributed by atoms with Gasteiger partial charge < -0.3 is 25.7 Å². The van der Waals surface area contributed by atoms with Crippen LogP contribution < -0.4 is 15.8 Å². The van der Waals surface area contributed by atoms with Crippen molar-refractivity contribution in [3.05, 3.63) is 65.2 Å². The molecule has 1 aliphatic heterocycles. The number of piperidine rings is 1. The molecular formula is C26H23ClN8O4. The van der Waals surface area contributed by atoms with Gasteiger partial charge in [0.15, 0.2) is 5.69 Å². The molecular weight excluding hydrogens is 524 g/mol. The molecule has 4 aromatic rings. The van der Waals surface area contributed by atoms with E-state index in [0.717, 1.165) is 5.52 Å². The van der Waals surface area contributed by atoms with E-state index in [-0.39, 0.29) is 40.8 Å². The minimum atomic E-state index is -0.870. The van der Waals surface area contributed by atoms with E-state index in [1.165, 1.54) is 10.9 Å². The number of likely N-dealkylation sites (tertiary alicyclic amines) is 1. The van der Waals surface area contributed by atoms with E-state index in [2.05, 4.69) is 20.3 Å². The first-order chi connectivity index (χ1) is 18.8. The largest absolute Gasteiger partial charge is 0.490 e. The molecule has 2 aromatic carbocycles. The van der Waals surface area contributed by atoms with Gasteiger partial charge in [0.05, 0.1) is 27.8 Å². The first-order valence-electron chi connectivity index (χ1n) is 12.1. The Morgan fingerprint density at radius 3 is 2.67 bits per heavy atom. The van der Waals surface area contributed by atoms with Crippen LogP contribution in [0.25, 0.3) is 17.0 Å². The maximum absolute atomic E-state index is 13.3. The van der Waals surface area contributed by atoms with Crippen molar-refractivity contribution in [1.82, 2.24) is 24.4 Å². The van der Waals surface area contributed by atoms with Gasteiger partial charge in [-0.1, -0.05) is 23.7 Å². The summed E-state index contributed by atoms with van der Waals surface area (Å²) in [5, 5.41) is 11.6. The standard InChI is InChI=1S/C26H23ClN8O4/c27-17-13-16(39-15-8-11-34(12-9-15)21(36)7-10-28)5-6-18(17)31-25(38)23-22(24(29)37)30-14-35(23)26-32-19-3-1-2-4-20(19)33-26/h1-6,13-15H,7-9,11-12H2,(H2,29,37)(H,31,38)(H,32,33). The van der Waals surface area contributed by atoms with Crippen LogP contribution in [0.15, 0.2) is 48.8 Å². The number of nitrogens with one attached hydrogen (secondary N) is 2. The molecule has 39 heavy (non-hydrogen) atoms. The summed E-state index contributed by atoms with van der Waals surface area (Å²) >= 11 is 6.45. The number of imidazole rings is 2. The number of aromatic amines is 1. The maximum atomic E-state index is 13.3. The summed E-state index contributed by atoms with van der Waals surface area (Å²) in [4.78, 5) is 50.5. The van der Waals surface area contributed by atoms with Crippen molar-refractivity contribution in [3.63, 3.8) is 0 Å². The number of nitriles is 1. The molecule has 198 valence electrons. The number of ether oxygens (including phenoxy) is 1. The van der Waals surface area contributed by atoms with Crippen LogP contribution in [0.3, 0.4) is 0 Å². The highest BCUT2D eigenvalue weighted by molar-refractivity contribution is 6.34. The number of carbonyl (C=O) groups excluding carboxylic acids is 3. The van der Waals surface area contributed by atoms with Crippen molar-refractivity contribution < 1.29 is 19.1 Å². The molecule has 0 aliphatic carbocycles. The number of amides is 3. The zero-order valence-corrected chi connectivity index (χ0v) is 21.3. The van der Waals surface area contributed by atoms with Crippen molar-refractivity contribution in [2.24, 2.45) is 5.73 Å². The SMILES string of the molecule is N#CCC(=O)N1CCC(Oc2ccc(NC(=O)c3c(C(N)=O)ncn3-c3nc4ccccc4[nH]3)c(Cl)c2)CC1. The summed E-state index contributed by atoms with van der Waals surface area (Å²) in [5.74, 6) is -0.918. The highest BCUT2D eigenvalue weighted by atomic mass is 35.5. The fourth-order valence-corrected chi connectivity index (χ4v) is 4.62. The third-order valence-corrected chi connectivity index (χ3v) is 6.65. The average Bonchev–Trinajstić information content (AvgIpc) is 3.55. The molecule has 0 bridgehead atoms. The lowest BCUT2D eigenvalue weighted by atomic mass is 10.1. The Morgan fingerprint density at radius 1 is 1.21 bits per heavy atom. The Balaban J connectivity index is 1.31. The molecule has 1 saturated heterocycles. The number of benzene rings is 2. The summed E-state index contributed by atoms with van der Waals surface area (Å²) in [6.45, 7) is 1.02. The smallest absolute Gasteiger partial charge is 0.275 e. The van der Waals surface area contributed by atoms with Crippen molar-refractivity contribution in [3.8, 4) is 17.8 Å². The van der Waals surface area contributed by atoms with Crippen molar-refractivity contribution >= 4 is 46.0 Å². The Labute approximate surface area is 227 Å². The molecule has 0 saturated carbocycles. The van der Waals surface area contributed by atoms with Gasteiger partial charge in [0.2, 0.25) is 11.9 Å². The zero-order valence-electron chi connectivity index (χ0n) is 20.6. The number of primary amides is 1. The number of carbonyl (C=O) groups is 3. The van der Waals surface area contributed by atoms with Gasteiger partial charge in [-0.3, -0.25) is 19.0 Å². The van der Waals surface area contributed by atoms with E-state index >= 15 is 0 Å². The molecule has 0 atom stereocenters. The van der Waals surface area contributed by atoms with Crippen LogP contribution in [0, 0.1) is 11.3 Å². The number of hydrogen-bond acceptors (Lipinski definition) is 7.